The zero-order valence-corrected chi connectivity index (χ0v) is 40.8. The topological polar surface area (TPSA) is 149 Å². The highest BCUT2D eigenvalue weighted by molar-refractivity contribution is 5.79. The summed E-state index contributed by atoms with van der Waals surface area (Å²) in [4.78, 5) is 12.3. The van der Waals surface area contributed by atoms with Gasteiger partial charge in [0, 0.05) is 12.5 Å². The van der Waals surface area contributed by atoms with E-state index in [1.54, 1.807) is 0 Å². The molecule has 1 aliphatic rings. The molecule has 15 nitrogen and oxygen atoms in total. The van der Waals surface area contributed by atoms with Crippen molar-refractivity contribution in [2.75, 3.05) is 165 Å². The van der Waals surface area contributed by atoms with E-state index in [-0.39, 0.29) is 12.5 Å². The van der Waals surface area contributed by atoms with Crippen molar-refractivity contribution in [3.05, 3.63) is 89.5 Å². The highest BCUT2D eigenvalue weighted by Crippen LogP contribution is 2.44. The first-order valence-electron chi connectivity index (χ1n) is 24.9. The summed E-state index contributed by atoms with van der Waals surface area (Å²) < 4.78 is 72.3. The van der Waals surface area contributed by atoms with Crippen LogP contribution in [0.3, 0.4) is 0 Å². The maximum atomic E-state index is 12.3. The van der Waals surface area contributed by atoms with Gasteiger partial charge in [-0.3, -0.25) is 0 Å². The lowest BCUT2D eigenvalue weighted by Gasteiger charge is -2.14. The molecule has 3 aromatic carbocycles. The monoisotopic (exact) mass is 956 g/mol. The number of rotatable bonds is 46. The highest BCUT2D eigenvalue weighted by Gasteiger charge is 2.29. The maximum absolute atomic E-state index is 12.3. The van der Waals surface area contributed by atoms with E-state index in [9.17, 15) is 4.79 Å². The fourth-order valence-electron chi connectivity index (χ4n) is 7.26. The maximum Gasteiger partial charge on any atom is 0.407 e. The molecule has 1 N–H and O–H groups in total. The minimum Gasteiger partial charge on any atom is -0.491 e. The molecule has 0 aromatic heterocycles. The van der Waals surface area contributed by atoms with Gasteiger partial charge in [-0.2, -0.15) is 0 Å². The van der Waals surface area contributed by atoms with Gasteiger partial charge in [-0.1, -0.05) is 99.7 Å². The van der Waals surface area contributed by atoms with Gasteiger partial charge >= 0.3 is 6.09 Å². The largest absolute Gasteiger partial charge is 0.491 e. The quantitative estimate of drug-likeness (QED) is 0.0552. The van der Waals surface area contributed by atoms with Gasteiger partial charge in [0.25, 0.3) is 0 Å². The fourth-order valence-corrected chi connectivity index (χ4v) is 7.26. The lowest BCUT2D eigenvalue weighted by molar-refractivity contribution is -0.0277. The van der Waals surface area contributed by atoms with Crippen LogP contribution in [0.25, 0.3) is 11.1 Å². The molecule has 0 heterocycles. The molecule has 0 saturated carbocycles. The standard InChI is InChI=1S/C53H81NO14/c1-2-3-4-5-6-7-12-46-17-19-47(20-18-46)67-44-43-66-42-41-65-40-39-64-38-37-63-36-35-62-34-33-61-32-31-60-30-29-59-28-27-58-26-25-57-24-23-56-22-21-54-53(55)68-45-52-50-15-10-8-13-48(50)49-14-9-11-16-51(49)52/h8-11,13-20,52H,2-7,12,21-45H2,1H3,(H,54,55). The summed E-state index contributed by atoms with van der Waals surface area (Å²) in [5, 5.41) is 2.75. The summed E-state index contributed by atoms with van der Waals surface area (Å²) >= 11 is 0. The smallest absolute Gasteiger partial charge is 0.407 e. The number of nitrogens with one attached hydrogen (secondary N) is 1. The van der Waals surface area contributed by atoms with E-state index in [0.717, 1.165) is 12.2 Å². The van der Waals surface area contributed by atoms with Gasteiger partial charge in [0.15, 0.2) is 0 Å². The van der Waals surface area contributed by atoms with Gasteiger partial charge in [-0.25, -0.2) is 4.79 Å². The van der Waals surface area contributed by atoms with Crippen molar-refractivity contribution in [2.45, 2.75) is 57.8 Å². The van der Waals surface area contributed by atoms with Gasteiger partial charge in [-0.05, 0) is 52.8 Å². The zero-order valence-electron chi connectivity index (χ0n) is 40.8. The predicted octanol–water partition coefficient (Wildman–Crippen LogP) is 7.69. The van der Waals surface area contributed by atoms with Crippen molar-refractivity contribution in [3.8, 4) is 16.9 Å². The second-order valence-electron chi connectivity index (χ2n) is 16.0. The molecule has 0 saturated heterocycles. The van der Waals surface area contributed by atoms with Gasteiger partial charge in [0.05, 0.1) is 145 Å². The number of fused-ring (bicyclic) bond motifs is 3. The average molecular weight is 956 g/mol. The number of carbonyl (C=O) groups is 1. The Kier molecular flexibility index (Phi) is 33.5. The van der Waals surface area contributed by atoms with E-state index < -0.39 is 6.09 Å². The molecule has 4 rings (SSSR count). The Hall–Kier alpha value is -3.71. The van der Waals surface area contributed by atoms with Crippen molar-refractivity contribution in [2.24, 2.45) is 0 Å². The Bertz CT molecular complexity index is 1600. The van der Waals surface area contributed by atoms with Crippen LogP contribution in [0, 0.1) is 0 Å². The van der Waals surface area contributed by atoms with Crippen LogP contribution in [0.5, 0.6) is 5.75 Å². The van der Waals surface area contributed by atoms with E-state index >= 15 is 0 Å². The first-order valence-corrected chi connectivity index (χ1v) is 24.9. The van der Waals surface area contributed by atoms with Gasteiger partial charge < -0.3 is 66.9 Å². The molecule has 1 aliphatic carbocycles. The summed E-state index contributed by atoms with van der Waals surface area (Å²) in [6.45, 7) is 14.0. The average Bonchev–Trinajstić information content (AvgIpc) is 3.69. The molecule has 0 bridgehead atoms. The number of ether oxygens (including phenoxy) is 13. The normalized spacial score (nSPS) is 12.1. The molecular formula is C53H81NO14. The van der Waals surface area contributed by atoms with Gasteiger partial charge in [0.1, 0.15) is 19.0 Å². The number of unbranched alkanes of at least 4 members (excludes halogenated alkanes) is 5. The minimum atomic E-state index is -0.453. The number of alkyl carbamates (subject to hydrolysis) is 1. The van der Waals surface area contributed by atoms with E-state index in [0.29, 0.717) is 159 Å². The molecule has 68 heavy (non-hydrogen) atoms. The summed E-state index contributed by atoms with van der Waals surface area (Å²) in [6.07, 6.45) is 8.60. The van der Waals surface area contributed by atoms with Crippen LogP contribution in [0.15, 0.2) is 72.8 Å². The Labute approximate surface area is 406 Å². The number of hydrogen-bond donors (Lipinski definition) is 1. The molecular weight excluding hydrogens is 875 g/mol. The Morgan fingerprint density at radius 2 is 0.794 bits per heavy atom. The molecule has 15 heteroatoms. The Balaban J connectivity index is 0.758. The van der Waals surface area contributed by atoms with E-state index in [4.69, 9.17) is 61.6 Å². The molecule has 1 amide bonds. The van der Waals surface area contributed by atoms with Crippen molar-refractivity contribution < 1.29 is 66.4 Å². The van der Waals surface area contributed by atoms with E-state index in [1.165, 1.54) is 66.3 Å². The van der Waals surface area contributed by atoms with Crippen molar-refractivity contribution >= 4 is 6.09 Å². The number of carbonyl (C=O) groups excluding carboxylic acids is 1. The molecule has 0 radical (unpaired) electrons. The third-order valence-corrected chi connectivity index (χ3v) is 10.8. The van der Waals surface area contributed by atoms with Crippen molar-refractivity contribution in [1.82, 2.24) is 5.32 Å². The third-order valence-electron chi connectivity index (χ3n) is 10.8. The first kappa shape index (κ1) is 56.9. The predicted molar refractivity (Wildman–Crippen MR) is 261 cm³/mol. The van der Waals surface area contributed by atoms with Crippen molar-refractivity contribution in [1.29, 1.82) is 0 Å². The lowest BCUT2D eigenvalue weighted by Crippen LogP contribution is -2.29. The van der Waals surface area contributed by atoms with Crippen LogP contribution in [0.4, 0.5) is 4.79 Å². The second-order valence-corrected chi connectivity index (χ2v) is 16.0. The molecule has 0 aliphatic heterocycles. The fraction of sp³-hybridized carbons (Fsp3) is 0.642. The molecule has 0 atom stereocenters. The van der Waals surface area contributed by atoms with E-state index in [2.05, 4.69) is 48.6 Å². The number of amides is 1. The number of benzene rings is 3. The first-order chi connectivity index (χ1) is 33.8. The summed E-state index contributed by atoms with van der Waals surface area (Å²) in [5.41, 5.74) is 6.14. The summed E-state index contributed by atoms with van der Waals surface area (Å²) in [6, 6.07) is 25.0. The van der Waals surface area contributed by atoms with Crippen LogP contribution in [0.2, 0.25) is 0 Å². The second kappa shape index (κ2) is 40.1. The van der Waals surface area contributed by atoms with Crippen LogP contribution < -0.4 is 10.1 Å². The Morgan fingerprint density at radius 1 is 0.426 bits per heavy atom. The van der Waals surface area contributed by atoms with Gasteiger partial charge in [0.2, 0.25) is 0 Å². The minimum absolute atomic E-state index is 0.0340. The number of aryl methyl sites for hydroxylation is 1. The lowest BCUT2D eigenvalue weighted by atomic mass is 9.98. The molecule has 0 unspecified atom stereocenters. The summed E-state index contributed by atoms with van der Waals surface area (Å²) in [7, 11) is 0. The third kappa shape index (κ3) is 26.9. The van der Waals surface area contributed by atoms with Crippen LogP contribution in [0.1, 0.15) is 68.1 Å². The van der Waals surface area contributed by atoms with E-state index in [1.807, 2.05) is 36.4 Å². The molecule has 0 fully saturated rings. The molecule has 382 valence electrons. The van der Waals surface area contributed by atoms with Gasteiger partial charge in [-0.15, -0.1) is 0 Å². The highest BCUT2D eigenvalue weighted by atomic mass is 16.6. The van der Waals surface area contributed by atoms with Crippen LogP contribution in [-0.4, -0.2) is 171 Å². The molecule has 3 aromatic rings. The van der Waals surface area contributed by atoms with Crippen LogP contribution in [-0.2, 0) is 63.3 Å². The SMILES string of the molecule is CCCCCCCCc1ccc(OCCOCCOCCOCCOCCOCCOCCOCCOCCOCCOCCOCCNC(=O)OCC2c3ccccc3-c3ccccc32)cc1. The molecule has 0 spiro atoms. The van der Waals surface area contributed by atoms with Crippen LogP contribution >= 0.6 is 0 Å². The number of hydrogen-bond acceptors (Lipinski definition) is 14. The van der Waals surface area contributed by atoms with Crippen molar-refractivity contribution in [3.63, 3.8) is 0 Å². The Morgan fingerprint density at radius 3 is 1.22 bits per heavy atom. The zero-order chi connectivity index (χ0) is 47.6. The summed E-state index contributed by atoms with van der Waals surface area (Å²) in [5.74, 6) is 0.914.